The fourth-order valence-corrected chi connectivity index (χ4v) is 3.71. The number of imide groups is 1. The van der Waals surface area contributed by atoms with Crippen LogP contribution in [-0.2, 0) is 11.4 Å². The zero-order valence-electron chi connectivity index (χ0n) is 13.9. The van der Waals surface area contributed by atoms with Crippen molar-refractivity contribution in [3.63, 3.8) is 0 Å². The molecular formula is C20H13BrClNO3S. The van der Waals surface area contributed by atoms with Gasteiger partial charge < -0.3 is 4.74 Å². The molecule has 1 heterocycles. The smallest absolute Gasteiger partial charge is 0.294 e. The Labute approximate surface area is 174 Å². The van der Waals surface area contributed by atoms with Crippen LogP contribution in [0.1, 0.15) is 11.1 Å². The summed E-state index contributed by atoms with van der Waals surface area (Å²) < 4.78 is 6.73. The van der Waals surface area contributed by atoms with Crippen LogP contribution in [0, 0.1) is 12.3 Å². The molecule has 1 saturated heterocycles. The van der Waals surface area contributed by atoms with E-state index in [4.69, 9.17) is 22.8 Å². The van der Waals surface area contributed by atoms with Crippen LogP contribution in [0.25, 0.3) is 6.08 Å². The average Bonchev–Trinajstić information content (AvgIpc) is 2.90. The van der Waals surface area contributed by atoms with E-state index in [9.17, 15) is 9.59 Å². The van der Waals surface area contributed by atoms with E-state index in [1.165, 1.54) is 0 Å². The number of nitrogens with zero attached hydrogens (tertiary/aromatic N) is 1. The van der Waals surface area contributed by atoms with Gasteiger partial charge in [0.2, 0.25) is 0 Å². The Hall–Kier alpha value is -2.20. The maximum absolute atomic E-state index is 12.4. The summed E-state index contributed by atoms with van der Waals surface area (Å²) in [6.45, 7) is 0.304. The highest BCUT2D eigenvalue weighted by atomic mass is 79.9. The van der Waals surface area contributed by atoms with Crippen LogP contribution in [-0.4, -0.2) is 22.6 Å². The van der Waals surface area contributed by atoms with Gasteiger partial charge >= 0.3 is 0 Å². The van der Waals surface area contributed by atoms with Crippen molar-refractivity contribution in [1.82, 2.24) is 4.90 Å². The third-order valence-electron chi connectivity index (χ3n) is 3.69. The highest BCUT2D eigenvalue weighted by molar-refractivity contribution is 9.10. The Morgan fingerprint density at radius 3 is 2.67 bits per heavy atom. The number of halogens is 2. The maximum atomic E-state index is 12.4. The lowest BCUT2D eigenvalue weighted by Gasteiger charge is -2.11. The van der Waals surface area contributed by atoms with Crippen molar-refractivity contribution in [2.45, 2.75) is 6.61 Å². The molecule has 4 nitrogen and oxygen atoms in total. The van der Waals surface area contributed by atoms with Crippen LogP contribution < -0.4 is 4.74 Å². The molecule has 0 saturated carbocycles. The van der Waals surface area contributed by atoms with Crippen LogP contribution >= 0.6 is 39.3 Å². The minimum atomic E-state index is -0.397. The van der Waals surface area contributed by atoms with E-state index in [0.29, 0.717) is 27.8 Å². The fraction of sp³-hybridized carbons (Fsp3) is 0.100. The first-order valence-electron chi connectivity index (χ1n) is 7.83. The molecule has 0 spiro atoms. The molecule has 0 aromatic heterocycles. The molecule has 0 atom stereocenters. The molecule has 136 valence electrons. The summed E-state index contributed by atoms with van der Waals surface area (Å²) in [6.07, 6.45) is 6.86. The Morgan fingerprint density at radius 2 is 1.96 bits per heavy atom. The third-order valence-corrected chi connectivity index (χ3v) is 5.34. The number of benzene rings is 2. The number of carbonyl (C=O) groups excluding carboxylic acids is 2. The number of ether oxygens (including phenoxy) is 1. The summed E-state index contributed by atoms with van der Waals surface area (Å²) in [7, 11) is 0. The maximum Gasteiger partial charge on any atom is 0.294 e. The molecule has 3 rings (SSSR count). The van der Waals surface area contributed by atoms with Gasteiger partial charge in [0.15, 0.2) is 0 Å². The number of hydrogen-bond acceptors (Lipinski definition) is 4. The largest absolute Gasteiger partial charge is 0.488 e. The van der Waals surface area contributed by atoms with Crippen LogP contribution in [0.15, 0.2) is 51.8 Å². The van der Waals surface area contributed by atoms with Gasteiger partial charge in [-0.2, -0.15) is 0 Å². The number of thioether (sulfide) groups is 1. The Morgan fingerprint density at radius 1 is 1.22 bits per heavy atom. The second-order valence-corrected chi connectivity index (χ2v) is 7.91. The summed E-state index contributed by atoms with van der Waals surface area (Å²) >= 11 is 10.2. The highest BCUT2D eigenvalue weighted by Gasteiger charge is 2.34. The number of terminal acetylenes is 1. The third kappa shape index (κ3) is 4.75. The first-order valence-corrected chi connectivity index (χ1v) is 9.82. The zero-order chi connectivity index (χ0) is 19.4. The van der Waals surface area contributed by atoms with E-state index < -0.39 is 5.91 Å². The normalized spacial score (nSPS) is 15.3. The van der Waals surface area contributed by atoms with E-state index in [1.54, 1.807) is 24.3 Å². The Bertz CT molecular complexity index is 966. The van der Waals surface area contributed by atoms with Crippen molar-refractivity contribution >= 4 is 56.5 Å². The second kappa shape index (κ2) is 8.66. The highest BCUT2D eigenvalue weighted by Crippen LogP contribution is 2.34. The molecule has 1 fully saturated rings. The van der Waals surface area contributed by atoms with Crippen molar-refractivity contribution in [2.24, 2.45) is 0 Å². The lowest BCUT2D eigenvalue weighted by atomic mass is 10.1. The van der Waals surface area contributed by atoms with Crippen molar-refractivity contribution in [2.75, 3.05) is 6.54 Å². The summed E-state index contributed by atoms with van der Waals surface area (Å²) in [5, 5.41) is 0.286. The molecular weight excluding hydrogens is 450 g/mol. The molecule has 0 N–H and O–H groups in total. The molecule has 1 aliphatic rings. The van der Waals surface area contributed by atoms with Gasteiger partial charge in [-0.15, -0.1) is 6.42 Å². The quantitative estimate of drug-likeness (QED) is 0.444. The molecule has 2 amide bonds. The first kappa shape index (κ1) is 19.6. The molecule has 0 radical (unpaired) electrons. The number of hydrogen-bond donors (Lipinski definition) is 0. The van der Waals surface area contributed by atoms with E-state index in [2.05, 4.69) is 21.9 Å². The topological polar surface area (TPSA) is 46.6 Å². The Kier molecular flexibility index (Phi) is 6.27. The average molecular weight is 463 g/mol. The number of carbonyl (C=O) groups is 2. The Balaban J connectivity index is 1.84. The second-order valence-electron chi connectivity index (χ2n) is 5.57. The minimum absolute atomic E-state index is 0.0413. The standard InChI is InChI=1S/C20H13BrClNO3S/c1-2-9-23-19(24)18(27-20(23)25)11-14-10-15(21)5-8-17(14)26-12-13-3-6-16(22)7-4-13/h1,3-8,10-11H,9,12H2/b18-11+. The van der Waals surface area contributed by atoms with E-state index >= 15 is 0 Å². The molecule has 0 aliphatic carbocycles. The molecule has 0 unspecified atom stereocenters. The van der Waals surface area contributed by atoms with E-state index in [0.717, 1.165) is 26.7 Å². The first-order chi connectivity index (χ1) is 13.0. The summed E-state index contributed by atoms with van der Waals surface area (Å²) in [5.41, 5.74) is 1.65. The summed E-state index contributed by atoms with van der Waals surface area (Å²) in [4.78, 5) is 25.7. The summed E-state index contributed by atoms with van der Waals surface area (Å²) in [6, 6.07) is 12.8. The zero-order valence-corrected chi connectivity index (χ0v) is 17.1. The van der Waals surface area contributed by atoms with E-state index in [1.807, 2.05) is 24.3 Å². The lowest BCUT2D eigenvalue weighted by molar-refractivity contribution is -0.122. The predicted molar refractivity (Wildman–Crippen MR) is 111 cm³/mol. The van der Waals surface area contributed by atoms with Crippen molar-refractivity contribution in [3.8, 4) is 18.1 Å². The molecule has 0 bridgehead atoms. The monoisotopic (exact) mass is 461 g/mol. The van der Waals surface area contributed by atoms with E-state index in [-0.39, 0.29) is 11.8 Å². The van der Waals surface area contributed by atoms with Crippen molar-refractivity contribution in [3.05, 3.63) is 68.0 Å². The minimum Gasteiger partial charge on any atom is -0.488 e. The lowest BCUT2D eigenvalue weighted by Crippen LogP contribution is -2.28. The van der Waals surface area contributed by atoms with Gasteiger partial charge in [0, 0.05) is 15.1 Å². The van der Waals surface area contributed by atoms with Crippen LogP contribution in [0.5, 0.6) is 5.75 Å². The van der Waals surface area contributed by atoms with Gasteiger partial charge in [-0.1, -0.05) is 45.6 Å². The molecule has 2 aromatic rings. The van der Waals surface area contributed by atoms with Gasteiger partial charge in [0.1, 0.15) is 12.4 Å². The molecule has 2 aromatic carbocycles. The number of rotatable bonds is 5. The van der Waals surface area contributed by atoms with Crippen LogP contribution in [0.4, 0.5) is 4.79 Å². The van der Waals surface area contributed by atoms with Gasteiger partial charge in [-0.3, -0.25) is 14.5 Å². The fourth-order valence-electron chi connectivity index (χ4n) is 2.37. The van der Waals surface area contributed by atoms with Crippen LogP contribution in [0.3, 0.4) is 0 Å². The summed E-state index contributed by atoms with van der Waals surface area (Å²) in [5.74, 6) is 2.52. The SMILES string of the molecule is C#CCN1C(=O)S/C(=C/c2cc(Br)ccc2OCc2ccc(Cl)cc2)C1=O. The van der Waals surface area contributed by atoms with Gasteiger partial charge in [-0.25, -0.2) is 0 Å². The van der Waals surface area contributed by atoms with Gasteiger partial charge in [-0.05, 0) is 53.7 Å². The van der Waals surface area contributed by atoms with Crippen molar-refractivity contribution in [1.29, 1.82) is 0 Å². The molecule has 7 heteroatoms. The predicted octanol–water partition coefficient (Wildman–Crippen LogP) is 5.35. The molecule has 27 heavy (non-hydrogen) atoms. The van der Waals surface area contributed by atoms with Gasteiger partial charge in [0.05, 0.1) is 11.4 Å². The number of amides is 2. The van der Waals surface area contributed by atoms with Crippen molar-refractivity contribution < 1.29 is 14.3 Å². The van der Waals surface area contributed by atoms with Gasteiger partial charge in [0.25, 0.3) is 11.1 Å². The van der Waals surface area contributed by atoms with Crippen LogP contribution in [0.2, 0.25) is 5.02 Å². The molecule has 1 aliphatic heterocycles.